The molecule has 4 saturated carbocycles. The third-order valence-corrected chi connectivity index (χ3v) is 11.2. The molecule has 1 saturated heterocycles. The number of benzene rings is 1. The van der Waals surface area contributed by atoms with Crippen molar-refractivity contribution in [2.24, 2.45) is 17.8 Å². The molecule has 5 fully saturated rings. The minimum atomic E-state index is -3.48. The van der Waals surface area contributed by atoms with E-state index in [4.69, 9.17) is 0 Å². The zero-order valence-corrected chi connectivity index (χ0v) is 19.3. The normalized spacial score (nSPS) is 34.8. The molecule has 30 heavy (non-hydrogen) atoms. The molecule has 4 bridgehead atoms. The van der Waals surface area contributed by atoms with Gasteiger partial charge in [-0.15, -0.1) is 11.8 Å². The predicted molar refractivity (Wildman–Crippen MR) is 120 cm³/mol. The lowest BCUT2D eigenvalue weighted by Gasteiger charge is -2.57. The fourth-order valence-electron chi connectivity index (χ4n) is 6.75. The van der Waals surface area contributed by atoms with E-state index in [0.29, 0.717) is 35.8 Å². The Morgan fingerprint density at radius 2 is 1.50 bits per heavy atom. The summed E-state index contributed by atoms with van der Waals surface area (Å²) in [4.78, 5) is 15.4. The predicted octanol–water partition coefficient (Wildman–Crippen LogP) is 3.61. The Bertz CT molecular complexity index is 859. The standard InChI is InChI=1S/C23H32N2O3S2/c1-17(29-23-14-18-11-19(15-23)13-20(12-18)16-23)22(26)24-7-9-25(10-8-24)30(27,28)21-5-3-2-4-6-21/h2-6,17-20H,7-16H2,1H3/t17-,18?,19?,20?,23?/m0/s1. The van der Waals surface area contributed by atoms with E-state index in [1.54, 1.807) is 24.3 Å². The van der Waals surface area contributed by atoms with E-state index in [9.17, 15) is 13.2 Å². The molecule has 0 N–H and O–H groups in total. The molecule has 1 amide bonds. The maximum Gasteiger partial charge on any atom is 0.243 e. The molecule has 1 aliphatic heterocycles. The molecular formula is C23H32N2O3S2. The van der Waals surface area contributed by atoms with Crippen LogP contribution in [0.1, 0.15) is 45.4 Å². The molecular weight excluding hydrogens is 416 g/mol. The number of thioether (sulfide) groups is 1. The van der Waals surface area contributed by atoms with E-state index < -0.39 is 10.0 Å². The van der Waals surface area contributed by atoms with E-state index in [-0.39, 0.29) is 11.2 Å². The van der Waals surface area contributed by atoms with E-state index in [0.717, 1.165) is 17.8 Å². The van der Waals surface area contributed by atoms with Crippen molar-refractivity contribution >= 4 is 27.7 Å². The first-order valence-electron chi connectivity index (χ1n) is 11.4. The van der Waals surface area contributed by atoms with Crippen LogP contribution in [0.15, 0.2) is 35.2 Å². The van der Waals surface area contributed by atoms with Crippen molar-refractivity contribution in [3.8, 4) is 0 Å². The molecule has 5 aliphatic rings. The number of carbonyl (C=O) groups is 1. The maximum atomic E-state index is 13.2. The van der Waals surface area contributed by atoms with Crippen LogP contribution in [0.25, 0.3) is 0 Å². The van der Waals surface area contributed by atoms with Crippen LogP contribution < -0.4 is 0 Å². The highest BCUT2D eigenvalue weighted by Crippen LogP contribution is 2.61. The van der Waals surface area contributed by atoms with Gasteiger partial charge in [-0.3, -0.25) is 4.79 Å². The number of sulfonamides is 1. The molecule has 1 aromatic carbocycles. The van der Waals surface area contributed by atoms with Crippen molar-refractivity contribution in [2.75, 3.05) is 26.2 Å². The van der Waals surface area contributed by atoms with Gasteiger partial charge in [-0.05, 0) is 75.3 Å². The SMILES string of the molecule is C[C@H](SC12CC3CC(CC(C3)C1)C2)C(=O)N1CCN(S(=O)(=O)c2ccccc2)CC1. The molecule has 164 valence electrons. The second-order valence-electron chi connectivity index (χ2n) is 9.90. The summed E-state index contributed by atoms with van der Waals surface area (Å²) < 4.78 is 27.5. The van der Waals surface area contributed by atoms with Crippen LogP contribution in [0.5, 0.6) is 0 Å². The lowest BCUT2D eigenvalue weighted by Crippen LogP contribution is -2.53. The van der Waals surface area contributed by atoms with E-state index in [1.807, 2.05) is 22.7 Å². The van der Waals surface area contributed by atoms with Gasteiger partial charge in [0.2, 0.25) is 15.9 Å². The first-order valence-corrected chi connectivity index (χ1v) is 13.7. The minimum absolute atomic E-state index is 0.0430. The first kappa shape index (κ1) is 20.8. The topological polar surface area (TPSA) is 57.7 Å². The van der Waals surface area contributed by atoms with Gasteiger partial charge in [-0.2, -0.15) is 4.31 Å². The van der Waals surface area contributed by atoms with Crippen molar-refractivity contribution in [3.63, 3.8) is 0 Å². The van der Waals surface area contributed by atoms with Gasteiger partial charge in [0, 0.05) is 30.9 Å². The van der Waals surface area contributed by atoms with Crippen molar-refractivity contribution < 1.29 is 13.2 Å². The summed E-state index contributed by atoms with van der Waals surface area (Å²) in [6, 6.07) is 8.58. The Hall–Kier alpha value is -1.05. The smallest absolute Gasteiger partial charge is 0.243 e. The molecule has 1 aromatic rings. The summed E-state index contributed by atoms with van der Waals surface area (Å²) in [5.74, 6) is 2.85. The van der Waals surface area contributed by atoms with Gasteiger partial charge in [0.05, 0.1) is 10.1 Å². The van der Waals surface area contributed by atoms with Crippen LogP contribution in [-0.2, 0) is 14.8 Å². The average molecular weight is 449 g/mol. The summed E-state index contributed by atoms with van der Waals surface area (Å²) in [5.41, 5.74) is 0. The van der Waals surface area contributed by atoms with Crippen LogP contribution in [-0.4, -0.2) is 59.7 Å². The van der Waals surface area contributed by atoms with Gasteiger partial charge in [-0.25, -0.2) is 8.42 Å². The largest absolute Gasteiger partial charge is 0.339 e. The second-order valence-corrected chi connectivity index (χ2v) is 13.6. The van der Waals surface area contributed by atoms with Crippen LogP contribution in [0, 0.1) is 17.8 Å². The van der Waals surface area contributed by atoms with Gasteiger partial charge in [-0.1, -0.05) is 18.2 Å². The Morgan fingerprint density at radius 1 is 0.967 bits per heavy atom. The van der Waals surface area contributed by atoms with Crippen molar-refractivity contribution in [1.82, 2.24) is 9.21 Å². The van der Waals surface area contributed by atoms with E-state index >= 15 is 0 Å². The van der Waals surface area contributed by atoms with Crippen molar-refractivity contribution in [3.05, 3.63) is 30.3 Å². The Kier molecular flexibility index (Phi) is 5.43. The molecule has 0 unspecified atom stereocenters. The quantitative estimate of drug-likeness (QED) is 0.691. The number of nitrogens with zero attached hydrogens (tertiary/aromatic N) is 2. The van der Waals surface area contributed by atoms with Gasteiger partial charge in [0.15, 0.2) is 0 Å². The number of carbonyl (C=O) groups excluding carboxylic acids is 1. The number of hydrogen-bond acceptors (Lipinski definition) is 4. The number of rotatable bonds is 5. The summed E-state index contributed by atoms with van der Waals surface area (Å²) in [7, 11) is -3.48. The third-order valence-electron chi connectivity index (χ3n) is 7.69. The maximum absolute atomic E-state index is 13.2. The summed E-state index contributed by atoms with van der Waals surface area (Å²) in [6.07, 6.45) is 8.14. The van der Waals surface area contributed by atoms with Gasteiger partial charge in [0.25, 0.3) is 0 Å². The Labute approximate surface area is 184 Å². The molecule has 1 atom stereocenters. The van der Waals surface area contributed by atoms with E-state index in [2.05, 4.69) is 6.92 Å². The van der Waals surface area contributed by atoms with E-state index in [1.165, 1.54) is 42.8 Å². The van der Waals surface area contributed by atoms with Crippen molar-refractivity contribution in [2.45, 2.75) is 60.3 Å². The van der Waals surface area contributed by atoms with Crippen LogP contribution in [0.4, 0.5) is 0 Å². The molecule has 5 nitrogen and oxygen atoms in total. The number of amides is 1. The van der Waals surface area contributed by atoms with Crippen molar-refractivity contribution in [1.29, 1.82) is 0 Å². The lowest BCUT2D eigenvalue weighted by molar-refractivity contribution is -0.131. The van der Waals surface area contributed by atoms with Crippen LogP contribution >= 0.6 is 11.8 Å². The zero-order chi connectivity index (χ0) is 20.9. The summed E-state index contributed by atoms with van der Waals surface area (Å²) >= 11 is 1.94. The molecule has 1 heterocycles. The zero-order valence-electron chi connectivity index (χ0n) is 17.7. The third kappa shape index (κ3) is 3.82. The monoisotopic (exact) mass is 448 g/mol. The van der Waals surface area contributed by atoms with Gasteiger partial charge >= 0.3 is 0 Å². The molecule has 7 heteroatoms. The number of piperazine rings is 1. The fourth-order valence-corrected chi connectivity index (χ4v) is 10.2. The molecule has 4 aliphatic carbocycles. The molecule has 0 aromatic heterocycles. The van der Waals surface area contributed by atoms with Gasteiger partial charge < -0.3 is 4.90 Å². The lowest BCUT2D eigenvalue weighted by atomic mass is 9.56. The fraction of sp³-hybridized carbons (Fsp3) is 0.696. The number of hydrogen-bond donors (Lipinski definition) is 0. The molecule has 6 rings (SSSR count). The van der Waals surface area contributed by atoms with Crippen LogP contribution in [0.3, 0.4) is 0 Å². The summed E-state index contributed by atoms with van der Waals surface area (Å²) in [6.45, 7) is 3.78. The second kappa shape index (κ2) is 7.82. The van der Waals surface area contributed by atoms with Crippen LogP contribution in [0.2, 0.25) is 0 Å². The minimum Gasteiger partial charge on any atom is -0.339 e. The Morgan fingerprint density at radius 3 is 2.03 bits per heavy atom. The molecule has 0 radical (unpaired) electrons. The Balaban J connectivity index is 1.19. The molecule has 0 spiro atoms. The van der Waals surface area contributed by atoms with Gasteiger partial charge in [0.1, 0.15) is 0 Å². The average Bonchev–Trinajstić information content (AvgIpc) is 2.72. The highest BCUT2D eigenvalue weighted by atomic mass is 32.2. The highest BCUT2D eigenvalue weighted by molar-refractivity contribution is 8.01. The highest BCUT2D eigenvalue weighted by Gasteiger charge is 2.52. The first-order chi connectivity index (χ1) is 14.3. The summed E-state index contributed by atoms with van der Waals surface area (Å²) in [5, 5.41) is -0.0430.